The van der Waals surface area contributed by atoms with E-state index in [1.165, 1.54) is 0 Å². The van der Waals surface area contributed by atoms with E-state index in [0.29, 0.717) is 11.3 Å². The number of nitrogens with two attached hydrogens (primary N) is 1. The van der Waals surface area contributed by atoms with Gasteiger partial charge in [0.05, 0.1) is 11.3 Å². The summed E-state index contributed by atoms with van der Waals surface area (Å²) >= 11 is 0. The maximum absolute atomic E-state index is 9.21. The van der Waals surface area contributed by atoms with E-state index in [1.807, 2.05) is 12.1 Å². The minimum atomic E-state index is 0.214. The zero-order valence-electron chi connectivity index (χ0n) is 12.0. The Morgan fingerprint density at radius 3 is 2.32 bits per heavy atom. The van der Waals surface area contributed by atoms with Crippen molar-refractivity contribution in [2.24, 2.45) is 0 Å². The highest BCUT2D eigenvalue weighted by atomic mass is 15.3. The third-order valence-electron chi connectivity index (χ3n) is 3.71. The molecule has 1 fully saturated rings. The molecule has 1 saturated heterocycles. The summed E-state index contributed by atoms with van der Waals surface area (Å²) in [5, 5.41) is 9.21. The number of rotatable bonds is 1. The van der Waals surface area contributed by atoms with Gasteiger partial charge in [-0.15, -0.1) is 0 Å². The number of anilines is 2. The second kappa shape index (κ2) is 5.10. The van der Waals surface area contributed by atoms with Gasteiger partial charge in [0.25, 0.3) is 0 Å². The maximum Gasteiger partial charge on any atom is 0.101 e. The summed E-state index contributed by atoms with van der Waals surface area (Å²) in [6, 6.07) is 7.82. The number of hydrogen-bond donors (Lipinski definition) is 1. The SMILES string of the molecule is CC(C)(C)N1CCN(c2ccc(N)cc2C#N)CC1. The number of nitriles is 1. The van der Waals surface area contributed by atoms with Gasteiger partial charge in [0.1, 0.15) is 6.07 Å². The molecule has 0 atom stereocenters. The molecule has 0 saturated carbocycles. The Balaban J connectivity index is 2.12. The zero-order valence-corrected chi connectivity index (χ0v) is 12.0. The quantitative estimate of drug-likeness (QED) is 0.783. The normalized spacial score (nSPS) is 17.3. The molecule has 2 N–H and O–H groups in total. The lowest BCUT2D eigenvalue weighted by Gasteiger charge is -2.43. The Kier molecular flexibility index (Phi) is 3.68. The molecule has 0 aliphatic carbocycles. The molecule has 1 aromatic carbocycles. The highest BCUT2D eigenvalue weighted by Gasteiger charge is 2.26. The van der Waals surface area contributed by atoms with E-state index in [2.05, 4.69) is 36.6 Å². The first-order chi connectivity index (χ1) is 8.91. The van der Waals surface area contributed by atoms with Crippen molar-refractivity contribution in [3.05, 3.63) is 23.8 Å². The van der Waals surface area contributed by atoms with Crippen molar-refractivity contribution in [1.82, 2.24) is 4.90 Å². The smallest absolute Gasteiger partial charge is 0.101 e. The maximum atomic E-state index is 9.21. The highest BCUT2D eigenvalue weighted by molar-refractivity contribution is 5.64. The van der Waals surface area contributed by atoms with Crippen LogP contribution < -0.4 is 10.6 Å². The Bertz CT molecular complexity index is 488. The summed E-state index contributed by atoms with van der Waals surface area (Å²) in [5.41, 5.74) is 8.27. The molecule has 19 heavy (non-hydrogen) atoms. The molecule has 0 radical (unpaired) electrons. The molecule has 1 heterocycles. The summed E-state index contributed by atoms with van der Waals surface area (Å²) in [6.07, 6.45) is 0. The van der Waals surface area contributed by atoms with Gasteiger partial charge in [-0.3, -0.25) is 4.90 Å². The first-order valence-corrected chi connectivity index (χ1v) is 6.71. The van der Waals surface area contributed by atoms with Crippen molar-refractivity contribution >= 4 is 11.4 Å². The van der Waals surface area contributed by atoms with Crippen LogP contribution in [0.25, 0.3) is 0 Å². The van der Waals surface area contributed by atoms with Crippen molar-refractivity contribution in [2.75, 3.05) is 36.8 Å². The van der Waals surface area contributed by atoms with Crippen LogP contribution in [0.5, 0.6) is 0 Å². The van der Waals surface area contributed by atoms with Crippen LogP contribution in [0.1, 0.15) is 26.3 Å². The molecular weight excluding hydrogens is 236 g/mol. The summed E-state index contributed by atoms with van der Waals surface area (Å²) in [6.45, 7) is 10.7. The molecule has 0 unspecified atom stereocenters. The Morgan fingerprint density at radius 2 is 1.79 bits per heavy atom. The van der Waals surface area contributed by atoms with Crippen molar-refractivity contribution in [3.8, 4) is 6.07 Å². The van der Waals surface area contributed by atoms with Gasteiger partial charge in [0, 0.05) is 37.4 Å². The van der Waals surface area contributed by atoms with Crippen LogP contribution in [0.4, 0.5) is 11.4 Å². The lowest BCUT2D eigenvalue weighted by Crippen LogP contribution is -2.53. The summed E-state index contributed by atoms with van der Waals surface area (Å²) in [5.74, 6) is 0. The second-order valence-corrected chi connectivity index (χ2v) is 6.03. The third-order valence-corrected chi connectivity index (χ3v) is 3.71. The molecule has 1 aromatic rings. The van der Waals surface area contributed by atoms with E-state index in [-0.39, 0.29) is 5.54 Å². The monoisotopic (exact) mass is 258 g/mol. The Morgan fingerprint density at radius 1 is 1.16 bits per heavy atom. The molecule has 0 aromatic heterocycles. The predicted octanol–water partition coefficient (Wildman–Crippen LogP) is 2.06. The molecule has 1 aliphatic heterocycles. The second-order valence-electron chi connectivity index (χ2n) is 6.03. The van der Waals surface area contributed by atoms with E-state index in [1.54, 1.807) is 6.07 Å². The number of hydrogen-bond acceptors (Lipinski definition) is 4. The number of nitrogen functional groups attached to an aromatic ring is 1. The van der Waals surface area contributed by atoms with Gasteiger partial charge < -0.3 is 10.6 Å². The van der Waals surface area contributed by atoms with Crippen LogP contribution in [0, 0.1) is 11.3 Å². The molecule has 0 bridgehead atoms. The van der Waals surface area contributed by atoms with Crippen LogP contribution >= 0.6 is 0 Å². The molecule has 4 heteroatoms. The summed E-state index contributed by atoms with van der Waals surface area (Å²) < 4.78 is 0. The number of benzene rings is 1. The first-order valence-electron chi connectivity index (χ1n) is 6.71. The lowest BCUT2D eigenvalue weighted by molar-refractivity contribution is 0.128. The van der Waals surface area contributed by atoms with Crippen LogP contribution in [0.2, 0.25) is 0 Å². The predicted molar refractivity (Wildman–Crippen MR) is 79.1 cm³/mol. The third kappa shape index (κ3) is 2.99. The zero-order chi connectivity index (χ0) is 14.0. The van der Waals surface area contributed by atoms with E-state index in [4.69, 9.17) is 5.73 Å². The van der Waals surface area contributed by atoms with Crippen LogP contribution in [-0.2, 0) is 0 Å². The highest BCUT2D eigenvalue weighted by Crippen LogP contribution is 2.25. The van der Waals surface area contributed by atoms with Gasteiger partial charge in [0.2, 0.25) is 0 Å². The van der Waals surface area contributed by atoms with E-state index >= 15 is 0 Å². The largest absolute Gasteiger partial charge is 0.399 e. The molecule has 4 nitrogen and oxygen atoms in total. The van der Waals surface area contributed by atoms with E-state index in [0.717, 1.165) is 31.9 Å². The Labute approximate surface area is 115 Å². The fourth-order valence-corrected chi connectivity index (χ4v) is 2.54. The summed E-state index contributed by atoms with van der Waals surface area (Å²) in [7, 11) is 0. The topological polar surface area (TPSA) is 56.3 Å². The van der Waals surface area contributed by atoms with Crippen molar-refractivity contribution in [2.45, 2.75) is 26.3 Å². The molecule has 102 valence electrons. The van der Waals surface area contributed by atoms with Gasteiger partial charge >= 0.3 is 0 Å². The van der Waals surface area contributed by atoms with E-state index < -0.39 is 0 Å². The minimum Gasteiger partial charge on any atom is -0.399 e. The molecule has 0 spiro atoms. The van der Waals surface area contributed by atoms with Gasteiger partial charge in [0.15, 0.2) is 0 Å². The number of piperazine rings is 1. The minimum absolute atomic E-state index is 0.214. The van der Waals surface area contributed by atoms with Gasteiger partial charge in [-0.05, 0) is 39.0 Å². The standard InChI is InChI=1S/C15H22N4/c1-15(2,3)19-8-6-18(7-9-19)14-5-4-13(17)10-12(14)11-16/h4-5,10H,6-9,17H2,1-3H3. The van der Waals surface area contributed by atoms with Gasteiger partial charge in [-0.2, -0.15) is 5.26 Å². The average Bonchev–Trinajstić information content (AvgIpc) is 2.37. The van der Waals surface area contributed by atoms with Crippen LogP contribution in [0.15, 0.2) is 18.2 Å². The molecule has 2 rings (SSSR count). The fourth-order valence-electron chi connectivity index (χ4n) is 2.54. The van der Waals surface area contributed by atoms with Crippen molar-refractivity contribution < 1.29 is 0 Å². The first kappa shape index (κ1) is 13.7. The lowest BCUT2D eigenvalue weighted by atomic mass is 10.0. The Hall–Kier alpha value is -1.73. The van der Waals surface area contributed by atoms with E-state index in [9.17, 15) is 5.26 Å². The van der Waals surface area contributed by atoms with Gasteiger partial charge in [-0.25, -0.2) is 0 Å². The number of nitrogens with zero attached hydrogens (tertiary/aromatic N) is 3. The van der Waals surface area contributed by atoms with Crippen molar-refractivity contribution in [3.63, 3.8) is 0 Å². The van der Waals surface area contributed by atoms with Crippen molar-refractivity contribution in [1.29, 1.82) is 5.26 Å². The average molecular weight is 258 g/mol. The fraction of sp³-hybridized carbons (Fsp3) is 0.533. The molecule has 1 aliphatic rings. The summed E-state index contributed by atoms with van der Waals surface area (Å²) in [4.78, 5) is 4.76. The van der Waals surface area contributed by atoms with Crippen LogP contribution in [0.3, 0.4) is 0 Å². The van der Waals surface area contributed by atoms with Crippen LogP contribution in [-0.4, -0.2) is 36.6 Å². The molecule has 0 amide bonds. The molecular formula is C15H22N4. The van der Waals surface area contributed by atoms with Gasteiger partial charge in [-0.1, -0.05) is 0 Å².